The van der Waals surface area contributed by atoms with E-state index < -0.39 is 0 Å². The van der Waals surface area contributed by atoms with E-state index in [0.717, 1.165) is 0 Å². The Morgan fingerprint density at radius 3 is 1.25 bits per heavy atom. The van der Waals surface area contributed by atoms with Crippen molar-refractivity contribution in [2.45, 2.75) is 0 Å². The van der Waals surface area contributed by atoms with Gasteiger partial charge in [0, 0.05) is 11.1 Å². The molecule has 0 bridgehead atoms. The van der Waals surface area contributed by atoms with E-state index in [1.54, 1.807) is 62.8 Å². The summed E-state index contributed by atoms with van der Waals surface area (Å²) in [7, 11) is 6.14. The topological polar surface area (TPSA) is 71.1 Å². The van der Waals surface area contributed by atoms with Crippen LogP contribution >= 0.6 is 0 Å². The molecule has 0 unspecified atom stereocenters. The molecule has 0 aliphatic rings. The van der Waals surface area contributed by atoms with Gasteiger partial charge in [-0.3, -0.25) is 9.59 Å². The Morgan fingerprint density at radius 2 is 0.964 bits per heavy atom. The van der Waals surface area contributed by atoms with Crippen molar-refractivity contribution in [3.8, 4) is 23.0 Å². The largest absolute Gasteiger partial charge is 0.493 e. The molecule has 2 rings (SSSR count). The highest BCUT2D eigenvalue weighted by molar-refractivity contribution is 6.02. The summed E-state index contributed by atoms with van der Waals surface area (Å²) < 4.78 is 21.0. The Kier molecular flexibility index (Phi) is 7.39. The number of benzene rings is 2. The first-order valence-corrected chi connectivity index (χ1v) is 8.38. The molecule has 2 aromatic carbocycles. The molecule has 0 saturated carbocycles. The van der Waals surface area contributed by atoms with Gasteiger partial charge in [-0.2, -0.15) is 0 Å². The zero-order valence-electron chi connectivity index (χ0n) is 16.2. The van der Waals surface area contributed by atoms with Gasteiger partial charge in [-0.25, -0.2) is 0 Å². The van der Waals surface area contributed by atoms with Gasteiger partial charge in [-0.1, -0.05) is 12.1 Å². The van der Waals surface area contributed by atoms with E-state index in [1.807, 2.05) is 0 Å². The van der Waals surface area contributed by atoms with Gasteiger partial charge in [0.15, 0.2) is 35.6 Å². The smallest absolute Gasteiger partial charge is 0.161 e. The highest BCUT2D eigenvalue weighted by Gasteiger charge is 2.09. The molecule has 0 N–H and O–H groups in total. The standard InChI is InChI=1S/C22H22O6/c1-25-19-7-5-15(11-21(19)27-3)9-17(13-23)18(14-24)10-16-6-8-20(26-2)22(12-16)28-4/h5-14H,1-4H3/b17-9+,18-10+. The lowest BCUT2D eigenvalue weighted by Crippen LogP contribution is -1.95. The number of hydrogen-bond acceptors (Lipinski definition) is 6. The summed E-state index contributed by atoms with van der Waals surface area (Å²) in [6.07, 6.45) is 4.49. The van der Waals surface area contributed by atoms with Gasteiger partial charge in [0.25, 0.3) is 0 Å². The zero-order chi connectivity index (χ0) is 20.5. The average molecular weight is 382 g/mol. The number of ether oxygens (including phenoxy) is 4. The summed E-state index contributed by atoms with van der Waals surface area (Å²) in [4.78, 5) is 23.3. The van der Waals surface area contributed by atoms with Crippen molar-refractivity contribution in [3.05, 3.63) is 58.7 Å². The molecule has 6 nitrogen and oxygen atoms in total. The molecular formula is C22H22O6. The molecule has 0 heterocycles. The number of carbonyl (C=O) groups is 2. The maximum Gasteiger partial charge on any atom is 0.161 e. The van der Waals surface area contributed by atoms with Crippen LogP contribution in [-0.4, -0.2) is 41.0 Å². The van der Waals surface area contributed by atoms with Crippen LogP contribution in [0.5, 0.6) is 23.0 Å². The van der Waals surface area contributed by atoms with Gasteiger partial charge < -0.3 is 18.9 Å². The fraction of sp³-hybridized carbons (Fsp3) is 0.182. The van der Waals surface area contributed by atoms with Gasteiger partial charge in [-0.15, -0.1) is 0 Å². The number of aldehydes is 2. The summed E-state index contributed by atoms with van der Waals surface area (Å²) in [6, 6.07) is 10.4. The Hall–Kier alpha value is -3.54. The third kappa shape index (κ3) is 4.79. The molecule has 6 heteroatoms. The minimum absolute atomic E-state index is 0.233. The SMILES string of the molecule is COc1ccc(/C=C(C=O)/C(C=O)=C/c2ccc(OC)c(OC)c2)cc1OC. The molecule has 0 saturated heterocycles. The molecule has 0 atom stereocenters. The van der Waals surface area contributed by atoms with Crippen LogP contribution in [0.25, 0.3) is 12.2 Å². The lowest BCUT2D eigenvalue weighted by molar-refractivity contribution is -0.107. The minimum Gasteiger partial charge on any atom is -0.493 e. The molecule has 2 aromatic rings. The Balaban J connectivity index is 2.45. The second-order valence-corrected chi connectivity index (χ2v) is 5.66. The van der Waals surface area contributed by atoms with Crippen LogP contribution < -0.4 is 18.9 Å². The molecule has 0 amide bonds. The van der Waals surface area contributed by atoms with Crippen LogP contribution in [0.2, 0.25) is 0 Å². The van der Waals surface area contributed by atoms with E-state index in [0.29, 0.717) is 46.7 Å². The molecule has 0 aliphatic heterocycles. The van der Waals surface area contributed by atoms with Crippen LogP contribution in [0, 0.1) is 0 Å². The maximum absolute atomic E-state index is 11.6. The van der Waals surface area contributed by atoms with Gasteiger partial charge in [0.2, 0.25) is 0 Å². The quantitative estimate of drug-likeness (QED) is 0.375. The highest BCUT2D eigenvalue weighted by atomic mass is 16.5. The number of carbonyl (C=O) groups excluding carboxylic acids is 2. The first kappa shape index (κ1) is 20.8. The van der Waals surface area contributed by atoms with Crippen molar-refractivity contribution in [3.63, 3.8) is 0 Å². The molecule has 28 heavy (non-hydrogen) atoms. The van der Waals surface area contributed by atoms with Crippen LogP contribution in [0.3, 0.4) is 0 Å². The number of methoxy groups -OCH3 is 4. The normalized spacial score (nSPS) is 11.6. The van der Waals surface area contributed by atoms with Gasteiger partial charge in [-0.05, 0) is 47.5 Å². The third-order valence-electron chi connectivity index (χ3n) is 4.05. The molecule has 0 aromatic heterocycles. The van der Waals surface area contributed by atoms with Crippen LogP contribution in [-0.2, 0) is 9.59 Å². The van der Waals surface area contributed by atoms with E-state index in [-0.39, 0.29) is 11.1 Å². The first-order chi connectivity index (χ1) is 13.6. The zero-order valence-corrected chi connectivity index (χ0v) is 16.2. The Labute approximate surface area is 164 Å². The van der Waals surface area contributed by atoms with Gasteiger partial charge >= 0.3 is 0 Å². The maximum atomic E-state index is 11.6. The summed E-state index contributed by atoms with van der Waals surface area (Å²) in [5.74, 6) is 2.20. The van der Waals surface area contributed by atoms with E-state index in [2.05, 4.69) is 0 Å². The van der Waals surface area contributed by atoms with Crippen LogP contribution in [0.1, 0.15) is 11.1 Å². The van der Waals surface area contributed by atoms with Crippen LogP contribution in [0.4, 0.5) is 0 Å². The van der Waals surface area contributed by atoms with Crippen LogP contribution in [0.15, 0.2) is 47.5 Å². The van der Waals surface area contributed by atoms with E-state index >= 15 is 0 Å². The lowest BCUT2D eigenvalue weighted by atomic mass is 10.0. The fourth-order valence-electron chi connectivity index (χ4n) is 2.62. The van der Waals surface area contributed by atoms with E-state index in [4.69, 9.17) is 18.9 Å². The third-order valence-corrected chi connectivity index (χ3v) is 4.05. The average Bonchev–Trinajstić information content (AvgIpc) is 2.75. The fourth-order valence-corrected chi connectivity index (χ4v) is 2.62. The Morgan fingerprint density at radius 1 is 0.607 bits per heavy atom. The molecular weight excluding hydrogens is 360 g/mol. The highest BCUT2D eigenvalue weighted by Crippen LogP contribution is 2.30. The molecule has 0 aliphatic carbocycles. The molecule has 0 fully saturated rings. The summed E-state index contributed by atoms with van der Waals surface area (Å²) in [6.45, 7) is 0. The van der Waals surface area contributed by atoms with Crippen molar-refractivity contribution in [1.29, 1.82) is 0 Å². The minimum atomic E-state index is 0.233. The van der Waals surface area contributed by atoms with Crippen molar-refractivity contribution < 1.29 is 28.5 Å². The van der Waals surface area contributed by atoms with Crippen molar-refractivity contribution >= 4 is 24.7 Å². The molecule has 0 spiro atoms. The van der Waals surface area contributed by atoms with Crippen molar-refractivity contribution in [2.75, 3.05) is 28.4 Å². The van der Waals surface area contributed by atoms with E-state index in [1.165, 1.54) is 14.2 Å². The number of rotatable bonds is 9. The molecule has 146 valence electrons. The Bertz CT molecular complexity index is 836. The van der Waals surface area contributed by atoms with Crippen molar-refractivity contribution in [1.82, 2.24) is 0 Å². The first-order valence-electron chi connectivity index (χ1n) is 8.38. The predicted molar refractivity (Wildman–Crippen MR) is 107 cm³/mol. The molecule has 0 radical (unpaired) electrons. The summed E-state index contributed by atoms with van der Waals surface area (Å²) in [5.41, 5.74) is 1.86. The van der Waals surface area contributed by atoms with Gasteiger partial charge in [0.1, 0.15) is 0 Å². The van der Waals surface area contributed by atoms with Gasteiger partial charge in [0.05, 0.1) is 28.4 Å². The monoisotopic (exact) mass is 382 g/mol. The lowest BCUT2D eigenvalue weighted by Gasteiger charge is -2.09. The predicted octanol–water partition coefficient (Wildman–Crippen LogP) is 3.59. The second kappa shape index (κ2) is 9.97. The number of allylic oxidation sites excluding steroid dienone is 2. The second-order valence-electron chi connectivity index (χ2n) is 5.66. The van der Waals surface area contributed by atoms with Crippen molar-refractivity contribution in [2.24, 2.45) is 0 Å². The van der Waals surface area contributed by atoms with E-state index in [9.17, 15) is 9.59 Å². The summed E-state index contributed by atoms with van der Waals surface area (Å²) >= 11 is 0. The summed E-state index contributed by atoms with van der Waals surface area (Å²) in [5, 5.41) is 0. The number of hydrogen-bond donors (Lipinski definition) is 0.